The molecule has 2 aliphatic rings. The molecule has 3 heteroatoms. The van der Waals surface area contributed by atoms with Crippen molar-refractivity contribution >= 4 is 5.78 Å². The molecule has 0 amide bonds. The van der Waals surface area contributed by atoms with Crippen molar-refractivity contribution in [1.82, 2.24) is 0 Å². The highest BCUT2D eigenvalue weighted by molar-refractivity contribution is 6.00. The Labute approximate surface area is 94.4 Å². The molecule has 1 atom stereocenters. The average molecular weight is 218 g/mol. The summed E-state index contributed by atoms with van der Waals surface area (Å²) in [5.41, 5.74) is 1.90. The first kappa shape index (κ1) is 9.85. The van der Waals surface area contributed by atoms with Crippen molar-refractivity contribution in [2.45, 2.75) is 25.4 Å². The predicted molar refractivity (Wildman–Crippen MR) is 58.9 cm³/mol. The molecule has 1 unspecified atom stereocenters. The molecule has 16 heavy (non-hydrogen) atoms. The highest BCUT2D eigenvalue weighted by Crippen LogP contribution is 2.27. The molecule has 0 spiro atoms. The summed E-state index contributed by atoms with van der Waals surface area (Å²) in [5.74, 6) is 1.04. The zero-order valence-corrected chi connectivity index (χ0v) is 9.07. The summed E-state index contributed by atoms with van der Waals surface area (Å²) in [7, 11) is 0. The number of rotatable bonds is 2. The van der Waals surface area contributed by atoms with Crippen LogP contribution >= 0.6 is 0 Å². The third-order valence-electron chi connectivity index (χ3n) is 3.20. The summed E-state index contributed by atoms with van der Waals surface area (Å²) in [5, 5.41) is 0. The molecule has 0 bridgehead atoms. The van der Waals surface area contributed by atoms with Crippen LogP contribution in [0.2, 0.25) is 0 Å². The SMILES string of the molecule is O=C(c1ccc2c(c1)CCO2)C1CCCO1. The number of hydrogen-bond donors (Lipinski definition) is 0. The maximum Gasteiger partial charge on any atom is 0.191 e. The monoisotopic (exact) mass is 218 g/mol. The Morgan fingerprint density at radius 1 is 1.31 bits per heavy atom. The standard InChI is InChI=1S/C13H14O3/c14-13(12-2-1-6-15-12)10-3-4-11-9(8-10)5-7-16-11/h3-4,8,12H,1-2,5-7H2. The van der Waals surface area contributed by atoms with Crippen LogP contribution in [0, 0.1) is 0 Å². The van der Waals surface area contributed by atoms with Gasteiger partial charge in [0.1, 0.15) is 11.9 Å². The Balaban J connectivity index is 1.86. The minimum Gasteiger partial charge on any atom is -0.493 e. The summed E-state index contributed by atoms with van der Waals surface area (Å²) in [4.78, 5) is 12.1. The van der Waals surface area contributed by atoms with Gasteiger partial charge in [0.2, 0.25) is 0 Å². The van der Waals surface area contributed by atoms with Gasteiger partial charge < -0.3 is 9.47 Å². The second-order valence-corrected chi connectivity index (χ2v) is 4.29. The van der Waals surface area contributed by atoms with Crippen molar-refractivity contribution in [3.05, 3.63) is 29.3 Å². The zero-order valence-electron chi connectivity index (χ0n) is 9.07. The van der Waals surface area contributed by atoms with Gasteiger partial charge in [-0.2, -0.15) is 0 Å². The normalized spacial score (nSPS) is 22.9. The molecule has 2 heterocycles. The molecule has 84 valence electrons. The minimum absolute atomic E-state index is 0.118. The number of hydrogen-bond acceptors (Lipinski definition) is 3. The number of ketones is 1. The molecule has 0 N–H and O–H groups in total. The van der Waals surface area contributed by atoms with Gasteiger partial charge in [-0.3, -0.25) is 4.79 Å². The van der Waals surface area contributed by atoms with Crippen LogP contribution in [-0.4, -0.2) is 25.1 Å². The first-order valence-corrected chi connectivity index (χ1v) is 5.76. The molecule has 0 aromatic heterocycles. The van der Waals surface area contributed by atoms with Gasteiger partial charge in [0.05, 0.1) is 6.61 Å². The van der Waals surface area contributed by atoms with E-state index < -0.39 is 0 Å². The van der Waals surface area contributed by atoms with Gasteiger partial charge in [-0.1, -0.05) is 0 Å². The molecule has 2 aliphatic heterocycles. The van der Waals surface area contributed by atoms with Crippen molar-refractivity contribution in [2.75, 3.05) is 13.2 Å². The molecule has 1 fully saturated rings. The largest absolute Gasteiger partial charge is 0.493 e. The minimum atomic E-state index is -0.222. The summed E-state index contributed by atoms with van der Waals surface area (Å²) in [6.07, 6.45) is 2.53. The molecule has 0 radical (unpaired) electrons. The van der Waals surface area contributed by atoms with Gasteiger partial charge in [0, 0.05) is 18.6 Å². The van der Waals surface area contributed by atoms with E-state index in [0.29, 0.717) is 6.61 Å². The highest BCUT2D eigenvalue weighted by atomic mass is 16.5. The van der Waals surface area contributed by atoms with Crippen LogP contribution in [0.15, 0.2) is 18.2 Å². The van der Waals surface area contributed by atoms with Gasteiger partial charge in [-0.25, -0.2) is 0 Å². The molecule has 3 nitrogen and oxygen atoms in total. The lowest BCUT2D eigenvalue weighted by Crippen LogP contribution is -2.19. The molecular weight excluding hydrogens is 204 g/mol. The number of Topliss-reactive ketones (excluding diaryl/α,β-unsaturated/α-hetero) is 1. The summed E-state index contributed by atoms with van der Waals surface area (Å²) >= 11 is 0. The zero-order chi connectivity index (χ0) is 11.0. The van der Waals surface area contributed by atoms with Gasteiger partial charge in [0.25, 0.3) is 0 Å². The fraction of sp³-hybridized carbons (Fsp3) is 0.462. The third-order valence-corrected chi connectivity index (χ3v) is 3.20. The fourth-order valence-electron chi connectivity index (χ4n) is 2.31. The second kappa shape index (κ2) is 3.91. The third kappa shape index (κ3) is 1.61. The Morgan fingerprint density at radius 2 is 2.25 bits per heavy atom. The van der Waals surface area contributed by atoms with E-state index in [2.05, 4.69) is 0 Å². The van der Waals surface area contributed by atoms with Gasteiger partial charge in [-0.15, -0.1) is 0 Å². The first-order chi connectivity index (χ1) is 7.84. The highest BCUT2D eigenvalue weighted by Gasteiger charge is 2.25. The summed E-state index contributed by atoms with van der Waals surface area (Å²) in [6, 6.07) is 5.69. The summed E-state index contributed by atoms with van der Waals surface area (Å²) in [6.45, 7) is 1.44. The second-order valence-electron chi connectivity index (χ2n) is 4.29. The molecular formula is C13H14O3. The number of carbonyl (C=O) groups is 1. The Morgan fingerprint density at radius 3 is 3.06 bits per heavy atom. The molecule has 1 aromatic rings. The van der Waals surface area contributed by atoms with E-state index in [0.717, 1.165) is 42.7 Å². The smallest absolute Gasteiger partial charge is 0.191 e. The lowest BCUT2D eigenvalue weighted by Gasteiger charge is -2.08. The van der Waals surface area contributed by atoms with Gasteiger partial charge >= 0.3 is 0 Å². The van der Waals surface area contributed by atoms with E-state index in [4.69, 9.17) is 9.47 Å². The lowest BCUT2D eigenvalue weighted by molar-refractivity contribution is 0.0643. The van der Waals surface area contributed by atoms with Crippen LogP contribution in [-0.2, 0) is 11.2 Å². The Kier molecular flexibility index (Phi) is 2.40. The number of fused-ring (bicyclic) bond motifs is 1. The average Bonchev–Trinajstić information content (AvgIpc) is 2.98. The van der Waals surface area contributed by atoms with Gasteiger partial charge in [0.15, 0.2) is 5.78 Å². The number of ether oxygens (including phenoxy) is 2. The van der Waals surface area contributed by atoms with Crippen LogP contribution in [0.4, 0.5) is 0 Å². The number of carbonyl (C=O) groups excluding carboxylic acids is 1. The van der Waals surface area contributed by atoms with Crippen LogP contribution in [0.5, 0.6) is 5.75 Å². The lowest BCUT2D eigenvalue weighted by atomic mass is 10.0. The van der Waals surface area contributed by atoms with Crippen molar-refractivity contribution in [3.8, 4) is 5.75 Å². The van der Waals surface area contributed by atoms with Gasteiger partial charge in [-0.05, 0) is 36.6 Å². The molecule has 1 aromatic carbocycles. The van der Waals surface area contributed by atoms with E-state index >= 15 is 0 Å². The van der Waals surface area contributed by atoms with E-state index in [1.54, 1.807) is 0 Å². The number of benzene rings is 1. The van der Waals surface area contributed by atoms with Crippen LogP contribution in [0.1, 0.15) is 28.8 Å². The fourth-order valence-corrected chi connectivity index (χ4v) is 2.31. The maximum absolute atomic E-state index is 12.1. The Hall–Kier alpha value is -1.35. The maximum atomic E-state index is 12.1. The van der Waals surface area contributed by atoms with Crippen molar-refractivity contribution in [3.63, 3.8) is 0 Å². The Bertz CT molecular complexity index is 419. The van der Waals surface area contributed by atoms with E-state index in [9.17, 15) is 4.79 Å². The quantitative estimate of drug-likeness (QED) is 0.712. The first-order valence-electron chi connectivity index (χ1n) is 5.76. The molecule has 3 rings (SSSR count). The van der Waals surface area contributed by atoms with Crippen molar-refractivity contribution in [1.29, 1.82) is 0 Å². The molecule has 0 aliphatic carbocycles. The van der Waals surface area contributed by atoms with E-state index in [1.807, 2.05) is 18.2 Å². The van der Waals surface area contributed by atoms with Crippen LogP contribution < -0.4 is 4.74 Å². The van der Waals surface area contributed by atoms with Crippen molar-refractivity contribution in [2.24, 2.45) is 0 Å². The van der Waals surface area contributed by atoms with Crippen molar-refractivity contribution < 1.29 is 14.3 Å². The predicted octanol–water partition coefficient (Wildman–Crippen LogP) is 1.98. The van der Waals surface area contributed by atoms with Crippen LogP contribution in [0.25, 0.3) is 0 Å². The van der Waals surface area contributed by atoms with Crippen LogP contribution in [0.3, 0.4) is 0 Å². The topological polar surface area (TPSA) is 35.5 Å². The molecule has 1 saturated heterocycles. The van der Waals surface area contributed by atoms with E-state index in [1.165, 1.54) is 0 Å². The molecule has 0 saturated carbocycles. The van der Waals surface area contributed by atoms with E-state index in [-0.39, 0.29) is 11.9 Å². The summed E-state index contributed by atoms with van der Waals surface area (Å²) < 4.78 is 10.8.